The normalized spacial score (nSPS) is 55.7. The summed E-state index contributed by atoms with van der Waals surface area (Å²) in [4.78, 5) is 0. The molecule has 1 saturated heterocycles. The fourth-order valence-corrected chi connectivity index (χ4v) is 4.92. The highest BCUT2D eigenvalue weighted by atomic mass is 16.5. The number of hydrogen-bond donors (Lipinski definition) is 2. The van der Waals surface area contributed by atoms with Gasteiger partial charge < -0.3 is 14.9 Å². The highest BCUT2D eigenvalue weighted by Gasteiger charge is 2.64. The van der Waals surface area contributed by atoms with E-state index in [2.05, 4.69) is 20.8 Å². The Morgan fingerprint density at radius 3 is 2.61 bits per heavy atom. The number of ether oxygens (including phenoxy) is 1. The van der Waals surface area contributed by atoms with Crippen LogP contribution in [-0.4, -0.2) is 34.6 Å². The molecule has 1 aliphatic heterocycles. The molecule has 0 aromatic heterocycles. The van der Waals surface area contributed by atoms with Gasteiger partial charge in [-0.3, -0.25) is 0 Å². The number of aliphatic hydroxyl groups is 2. The first-order valence-electron chi connectivity index (χ1n) is 7.40. The van der Waals surface area contributed by atoms with Gasteiger partial charge in [0.25, 0.3) is 0 Å². The summed E-state index contributed by atoms with van der Waals surface area (Å²) < 4.78 is 6.00. The van der Waals surface area contributed by atoms with Crippen LogP contribution in [0.5, 0.6) is 0 Å². The average Bonchev–Trinajstić information content (AvgIpc) is 2.65. The predicted octanol–water partition coefficient (Wildman–Crippen LogP) is 1.96. The smallest absolute Gasteiger partial charge is 0.0940 e. The monoisotopic (exact) mass is 254 g/mol. The van der Waals surface area contributed by atoms with E-state index in [0.29, 0.717) is 31.3 Å². The Morgan fingerprint density at radius 2 is 1.94 bits per heavy atom. The lowest BCUT2D eigenvalue weighted by Crippen LogP contribution is -2.60. The zero-order valence-electron chi connectivity index (χ0n) is 11.7. The summed E-state index contributed by atoms with van der Waals surface area (Å²) in [6.45, 7) is 7.11. The molecule has 2 saturated carbocycles. The van der Waals surface area contributed by atoms with Crippen molar-refractivity contribution < 1.29 is 14.9 Å². The highest BCUT2D eigenvalue weighted by molar-refractivity contribution is 5.13. The average molecular weight is 254 g/mol. The van der Waals surface area contributed by atoms with Crippen LogP contribution in [0.1, 0.15) is 46.5 Å². The molecule has 3 heteroatoms. The maximum absolute atomic E-state index is 10.9. The maximum atomic E-state index is 10.9. The van der Waals surface area contributed by atoms with Gasteiger partial charge in [-0.15, -0.1) is 0 Å². The molecule has 1 heterocycles. The Bertz CT molecular complexity index is 343. The fourth-order valence-electron chi connectivity index (χ4n) is 4.92. The van der Waals surface area contributed by atoms with Gasteiger partial charge in [-0.1, -0.05) is 20.8 Å². The molecule has 18 heavy (non-hydrogen) atoms. The van der Waals surface area contributed by atoms with Gasteiger partial charge in [-0.25, -0.2) is 0 Å². The van der Waals surface area contributed by atoms with Crippen LogP contribution in [0, 0.1) is 23.2 Å². The molecule has 3 rings (SSSR count). The third-order valence-electron chi connectivity index (χ3n) is 6.05. The molecule has 0 aromatic carbocycles. The zero-order chi connectivity index (χ0) is 13.1. The molecule has 2 N–H and O–H groups in total. The summed E-state index contributed by atoms with van der Waals surface area (Å²) in [7, 11) is 0. The summed E-state index contributed by atoms with van der Waals surface area (Å²) in [5.74, 6) is 1.23. The van der Waals surface area contributed by atoms with Crippen molar-refractivity contribution in [1.82, 2.24) is 0 Å². The van der Waals surface area contributed by atoms with Gasteiger partial charge in [0.1, 0.15) is 0 Å². The minimum absolute atomic E-state index is 0.120. The van der Waals surface area contributed by atoms with E-state index >= 15 is 0 Å². The molecule has 3 aliphatic rings. The van der Waals surface area contributed by atoms with Crippen molar-refractivity contribution in [3.63, 3.8) is 0 Å². The van der Waals surface area contributed by atoms with Crippen LogP contribution in [0.15, 0.2) is 0 Å². The van der Waals surface area contributed by atoms with Crippen molar-refractivity contribution >= 4 is 0 Å². The second kappa shape index (κ2) is 3.94. The molecule has 0 amide bonds. The third-order valence-corrected chi connectivity index (χ3v) is 6.05. The molecule has 3 nitrogen and oxygen atoms in total. The topological polar surface area (TPSA) is 49.7 Å². The third kappa shape index (κ3) is 1.53. The molecule has 0 bridgehead atoms. The standard InChI is InChI=1S/C15H26O3/c1-9(2)10-4-6-14(3)11(16)5-7-15(17)8-18-12(10)13(14)15/h9-13,16-17H,4-8H2,1-3H3/t10-,11+,12-,13+,14-,15+/m0/s1. The summed E-state index contributed by atoms with van der Waals surface area (Å²) >= 11 is 0. The molecular formula is C15H26O3. The lowest BCUT2D eigenvalue weighted by Gasteiger charge is -2.55. The minimum Gasteiger partial charge on any atom is -0.393 e. The second-order valence-corrected chi connectivity index (χ2v) is 7.36. The van der Waals surface area contributed by atoms with Gasteiger partial charge in [-0.05, 0) is 37.5 Å². The van der Waals surface area contributed by atoms with Crippen molar-refractivity contribution in [1.29, 1.82) is 0 Å². The molecule has 6 atom stereocenters. The second-order valence-electron chi connectivity index (χ2n) is 7.36. The van der Waals surface area contributed by atoms with E-state index in [1.165, 1.54) is 0 Å². The van der Waals surface area contributed by atoms with Gasteiger partial charge in [0.15, 0.2) is 0 Å². The van der Waals surface area contributed by atoms with Crippen LogP contribution in [0.3, 0.4) is 0 Å². The van der Waals surface area contributed by atoms with Gasteiger partial charge in [-0.2, -0.15) is 0 Å². The number of aliphatic hydroxyl groups excluding tert-OH is 1. The van der Waals surface area contributed by atoms with Crippen LogP contribution in [0.4, 0.5) is 0 Å². The molecule has 104 valence electrons. The van der Waals surface area contributed by atoms with Crippen LogP contribution in [0.2, 0.25) is 0 Å². The Balaban J connectivity index is 1.98. The summed E-state index contributed by atoms with van der Waals surface area (Å²) in [5, 5.41) is 21.3. The molecule has 0 aromatic rings. The molecule has 3 fully saturated rings. The van der Waals surface area contributed by atoms with Crippen molar-refractivity contribution in [2.75, 3.05) is 6.61 Å². The van der Waals surface area contributed by atoms with Crippen LogP contribution < -0.4 is 0 Å². The lowest BCUT2D eigenvalue weighted by molar-refractivity contribution is -0.170. The van der Waals surface area contributed by atoms with Gasteiger partial charge >= 0.3 is 0 Å². The van der Waals surface area contributed by atoms with Crippen molar-refractivity contribution in [2.45, 2.75) is 64.3 Å². The predicted molar refractivity (Wildman–Crippen MR) is 69.1 cm³/mol. The Hall–Kier alpha value is -0.120. The van der Waals surface area contributed by atoms with E-state index in [9.17, 15) is 10.2 Å². The van der Waals surface area contributed by atoms with Gasteiger partial charge in [0, 0.05) is 11.3 Å². The first-order chi connectivity index (χ1) is 8.38. The van der Waals surface area contributed by atoms with E-state index in [4.69, 9.17) is 4.74 Å². The molecule has 0 unspecified atom stereocenters. The zero-order valence-corrected chi connectivity index (χ0v) is 11.7. The lowest BCUT2D eigenvalue weighted by atomic mass is 9.51. The molecule has 0 radical (unpaired) electrons. The fraction of sp³-hybridized carbons (Fsp3) is 1.00. The van der Waals surface area contributed by atoms with Crippen molar-refractivity contribution in [3.05, 3.63) is 0 Å². The van der Waals surface area contributed by atoms with Crippen LogP contribution in [0.25, 0.3) is 0 Å². The molecule has 2 aliphatic carbocycles. The van der Waals surface area contributed by atoms with E-state index in [1.807, 2.05) is 0 Å². The van der Waals surface area contributed by atoms with E-state index in [1.54, 1.807) is 0 Å². The maximum Gasteiger partial charge on any atom is 0.0940 e. The van der Waals surface area contributed by atoms with Crippen molar-refractivity contribution in [3.8, 4) is 0 Å². The number of hydrogen-bond acceptors (Lipinski definition) is 3. The minimum atomic E-state index is -0.688. The van der Waals surface area contributed by atoms with Crippen molar-refractivity contribution in [2.24, 2.45) is 23.2 Å². The van der Waals surface area contributed by atoms with E-state index < -0.39 is 5.60 Å². The summed E-state index contributed by atoms with van der Waals surface area (Å²) in [6, 6.07) is 0. The first-order valence-corrected chi connectivity index (χ1v) is 7.40. The molecular weight excluding hydrogens is 228 g/mol. The van der Waals surface area contributed by atoms with Gasteiger partial charge in [0.2, 0.25) is 0 Å². The van der Waals surface area contributed by atoms with E-state index in [0.717, 1.165) is 12.8 Å². The van der Waals surface area contributed by atoms with E-state index in [-0.39, 0.29) is 23.5 Å². The Labute approximate surface area is 110 Å². The number of rotatable bonds is 1. The molecule has 0 spiro atoms. The summed E-state index contributed by atoms with van der Waals surface area (Å²) in [6.07, 6.45) is 3.40. The summed E-state index contributed by atoms with van der Waals surface area (Å²) in [5.41, 5.74) is -0.842. The quantitative estimate of drug-likeness (QED) is 0.752. The SMILES string of the molecule is CC(C)[C@@H]1CC[C@@]2(C)[C@H](O)CC[C@@]3(O)CO[C@@H]1[C@@H]32. The Kier molecular flexibility index (Phi) is 2.82. The first kappa shape index (κ1) is 12.9. The van der Waals surface area contributed by atoms with Gasteiger partial charge in [0.05, 0.1) is 24.4 Å². The highest BCUT2D eigenvalue weighted by Crippen LogP contribution is 2.60. The Morgan fingerprint density at radius 1 is 1.22 bits per heavy atom. The van der Waals surface area contributed by atoms with Crippen LogP contribution in [-0.2, 0) is 4.74 Å². The largest absolute Gasteiger partial charge is 0.393 e. The van der Waals surface area contributed by atoms with Crippen LogP contribution >= 0.6 is 0 Å².